The lowest BCUT2D eigenvalue weighted by molar-refractivity contribution is -0.0498. The first kappa shape index (κ1) is 32.5. The third kappa shape index (κ3) is 8.62. The van der Waals surface area contributed by atoms with Gasteiger partial charge in [0.05, 0.1) is 11.4 Å². The van der Waals surface area contributed by atoms with Gasteiger partial charge in [-0.1, -0.05) is 50.6 Å². The molecule has 1 aromatic heterocycles. The van der Waals surface area contributed by atoms with Gasteiger partial charge in [0, 0.05) is 35.9 Å². The highest BCUT2D eigenvalue weighted by Crippen LogP contribution is 2.27. The third-order valence-corrected chi connectivity index (χ3v) is 7.97. The molecule has 2 heterocycles. The van der Waals surface area contributed by atoms with Crippen LogP contribution in [-0.2, 0) is 11.8 Å². The van der Waals surface area contributed by atoms with Crippen molar-refractivity contribution in [2.75, 3.05) is 29.0 Å². The number of ether oxygens (including phenoxy) is 1. The van der Waals surface area contributed by atoms with Crippen LogP contribution in [0.2, 0.25) is 0 Å². The maximum atomic E-state index is 13.0. The van der Waals surface area contributed by atoms with Crippen molar-refractivity contribution in [2.45, 2.75) is 59.0 Å². The van der Waals surface area contributed by atoms with E-state index in [2.05, 4.69) is 41.5 Å². The Hall–Kier alpha value is -4.93. The van der Waals surface area contributed by atoms with Crippen LogP contribution in [0.25, 0.3) is 5.69 Å². The first-order valence-corrected chi connectivity index (χ1v) is 15.4. The number of benzene rings is 3. The summed E-state index contributed by atoms with van der Waals surface area (Å²) >= 11 is 0. The van der Waals surface area contributed by atoms with E-state index in [0.717, 1.165) is 41.8 Å². The highest BCUT2D eigenvalue weighted by molar-refractivity contribution is 5.99. The number of hydrogen-bond donors (Lipinski definition) is 3. The topological polar surface area (TPSA) is 101 Å². The molecule has 3 aromatic carbocycles. The van der Waals surface area contributed by atoms with Crippen LogP contribution in [0, 0.1) is 12.8 Å². The molecule has 1 aliphatic heterocycles. The Kier molecular flexibility index (Phi) is 9.89. The van der Waals surface area contributed by atoms with Crippen molar-refractivity contribution < 1.29 is 23.1 Å². The van der Waals surface area contributed by atoms with Gasteiger partial charge in [-0.3, -0.25) is 5.32 Å². The van der Waals surface area contributed by atoms with Gasteiger partial charge < -0.3 is 20.3 Å². The van der Waals surface area contributed by atoms with Crippen molar-refractivity contribution in [3.63, 3.8) is 0 Å². The predicted molar refractivity (Wildman–Crippen MR) is 176 cm³/mol. The van der Waals surface area contributed by atoms with E-state index in [1.165, 1.54) is 24.3 Å². The molecule has 5 rings (SSSR count). The van der Waals surface area contributed by atoms with Gasteiger partial charge in [-0.2, -0.15) is 13.9 Å². The molecule has 3 N–H and O–H groups in total. The number of amides is 4. The molecule has 0 radical (unpaired) electrons. The summed E-state index contributed by atoms with van der Waals surface area (Å²) in [4.78, 5) is 27.5. The summed E-state index contributed by atoms with van der Waals surface area (Å²) in [6.07, 6.45) is 2.60. The second kappa shape index (κ2) is 14.0. The maximum absolute atomic E-state index is 13.0. The Labute approximate surface area is 267 Å². The van der Waals surface area contributed by atoms with E-state index in [9.17, 15) is 18.4 Å². The Morgan fingerprint density at radius 3 is 2.11 bits per heavy atom. The number of anilines is 3. The molecule has 0 atom stereocenters. The van der Waals surface area contributed by atoms with Crippen molar-refractivity contribution in [1.82, 2.24) is 14.7 Å². The Bertz CT molecular complexity index is 1620. The van der Waals surface area contributed by atoms with E-state index >= 15 is 0 Å². The quantitative estimate of drug-likeness (QED) is 0.183. The van der Waals surface area contributed by atoms with E-state index in [1.807, 2.05) is 61.5 Å². The first-order chi connectivity index (χ1) is 21.9. The van der Waals surface area contributed by atoms with Crippen molar-refractivity contribution >= 4 is 29.3 Å². The summed E-state index contributed by atoms with van der Waals surface area (Å²) in [7, 11) is 0. The molecule has 11 heteroatoms. The van der Waals surface area contributed by atoms with Crippen LogP contribution in [-0.4, -0.2) is 46.4 Å². The summed E-state index contributed by atoms with van der Waals surface area (Å²) < 4.78 is 30.8. The molecule has 46 heavy (non-hydrogen) atoms. The standard InChI is InChI=1S/C35H40F2N6O3/c1-23-5-13-28(14-6-23)43-31(22-30(41-43)35(2,3)4)40-33(44)38-26-9-7-24(8-10-26)21-25-17-19-42(20-18-25)34(45)39-27-11-15-29(16-12-27)46-32(36)37/h5-16,22,25,32H,17-21H2,1-4H3,(H,39,45)(H2,38,40,44). The summed E-state index contributed by atoms with van der Waals surface area (Å²) in [5.41, 5.74) is 5.04. The van der Waals surface area contributed by atoms with Crippen molar-refractivity contribution in [3.05, 3.63) is 95.7 Å². The fraction of sp³-hybridized carbons (Fsp3) is 0.343. The van der Waals surface area contributed by atoms with Gasteiger partial charge in [-0.25, -0.2) is 14.3 Å². The van der Waals surface area contributed by atoms with Crippen LogP contribution in [0.15, 0.2) is 78.9 Å². The lowest BCUT2D eigenvalue weighted by Crippen LogP contribution is -2.41. The number of aromatic nitrogens is 2. The number of likely N-dealkylation sites (tertiary alicyclic amines) is 1. The van der Waals surface area contributed by atoms with Gasteiger partial charge in [0.25, 0.3) is 0 Å². The molecule has 0 aliphatic carbocycles. The van der Waals surface area contributed by atoms with Gasteiger partial charge in [-0.05, 0) is 86.2 Å². The number of nitrogens with one attached hydrogen (secondary N) is 3. The zero-order valence-electron chi connectivity index (χ0n) is 26.5. The van der Waals surface area contributed by atoms with E-state index in [0.29, 0.717) is 36.2 Å². The molecule has 9 nitrogen and oxygen atoms in total. The summed E-state index contributed by atoms with van der Waals surface area (Å²) in [5, 5.41) is 13.5. The number of aryl methyl sites for hydroxylation is 1. The third-order valence-electron chi connectivity index (χ3n) is 7.97. The van der Waals surface area contributed by atoms with Crippen LogP contribution < -0.4 is 20.7 Å². The molecule has 1 saturated heterocycles. The Morgan fingerprint density at radius 2 is 1.50 bits per heavy atom. The van der Waals surface area contributed by atoms with Crippen LogP contribution in [0.4, 0.5) is 35.6 Å². The van der Waals surface area contributed by atoms with Gasteiger partial charge in [0.15, 0.2) is 0 Å². The second-order valence-corrected chi connectivity index (χ2v) is 12.7. The molecule has 1 fully saturated rings. The van der Waals surface area contributed by atoms with Crippen molar-refractivity contribution in [1.29, 1.82) is 0 Å². The number of halogens is 2. The van der Waals surface area contributed by atoms with E-state index in [4.69, 9.17) is 5.10 Å². The minimum atomic E-state index is -2.89. The average Bonchev–Trinajstić information content (AvgIpc) is 3.44. The zero-order chi connectivity index (χ0) is 32.8. The summed E-state index contributed by atoms with van der Waals surface area (Å²) in [6, 6.07) is 23.0. The number of carbonyl (C=O) groups excluding carboxylic acids is 2. The van der Waals surface area contributed by atoms with E-state index in [1.54, 1.807) is 9.58 Å². The molecule has 1 aliphatic rings. The van der Waals surface area contributed by atoms with Crippen molar-refractivity contribution in [2.24, 2.45) is 5.92 Å². The van der Waals surface area contributed by atoms with Gasteiger partial charge in [-0.15, -0.1) is 0 Å². The number of urea groups is 2. The largest absolute Gasteiger partial charge is 0.435 e. The van der Waals surface area contributed by atoms with Crippen LogP contribution in [0.3, 0.4) is 0 Å². The SMILES string of the molecule is Cc1ccc(-n2nc(C(C)(C)C)cc2NC(=O)Nc2ccc(CC3CCN(C(=O)Nc4ccc(OC(F)F)cc4)CC3)cc2)cc1. The lowest BCUT2D eigenvalue weighted by atomic mass is 9.90. The van der Waals surface area contributed by atoms with Crippen LogP contribution >= 0.6 is 0 Å². The first-order valence-electron chi connectivity index (χ1n) is 15.4. The van der Waals surface area contributed by atoms with Crippen LogP contribution in [0.1, 0.15) is 50.4 Å². The molecular weight excluding hydrogens is 590 g/mol. The van der Waals surface area contributed by atoms with Crippen LogP contribution in [0.5, 0.6) is 5.75 Å². The molecule has 0 saturated carbocycles. The maximum Gasteiger partial charge on any atom is 0.387 e. The number of alkyl halides is 2. The smallest absolute Gasteiger partial charge is 0.387 e. The number of nitrogens with zero attached hydrogens (tertiary/aromatic N) is 3. The highest BCUT2D eigenvalue weighted by Gasteiger charge is 2.24. The minimum Gasteiger partial charge on any atom is -0.435 e. The normalized spacial score (nSPS) is 13.8. The van der Waals surface area contributed by atoms with Gasteiger partial charge >= 0.3 is 18.7 Å². The lowest BCUT2D eigenvalue weighted by Gasteiger charge is -2.32. The van der Waals surface area contributed by atoms with E-state index < -0.39 is 6.61 Å². The molecule has 0 bridgehead atoms. The second-order valence-electron chi connectivity index (χ2n) is 12.7. The molecule has 0 unspecified atom stereocenters. The Morgan fingerprint density at radius 1 is 0.891 bits per heavy atom. The fourth-order valence-electron chi connectivity index (χ4n) is 5.32. The zero-order valence-corrected chi connectivity index (χ0v) is 26.5. The molecule has 4 aromatic rings. The summed E-state index contributed by atoms with van der Waals surface area (Å²) in [5.74, 6) is 1.05. The number of piperidine rings is 1. The predicted octanol–water partition coefficient (Wildman–Crippen LogP) is 8.21. The van der Waals surface area contributed by atoms with Gasteiger partial charge in [0.1, 0.15) is 11.6 Å². The molecule has 0 spiro atoms. The van der Waals surface area contributed by atoms with E-state index in [-0.39, 0.29) is 23.2 Å². The molecule has 4 amide bonds. The monoisotopic (exact) mass is 630 g/mol. The fourth-order valence-corrected chi connectivity index (χ4v) is 5.32. The molecular formula is C35H40F2N6O3. The number of carbonyl (C=O) groups is 2. The number of rotatable bonds is 8. The number of hydrogen-bond acceptors (Lipinski definition) is 4. The highest BCUT2D eigenvalue weighted by atomic mass is 19.3. The minimum absolute atomic E-state index is 0.0395. The van der Waals surface area contributed by atoms with Gasteiger partial charge in [0.2, 0.25) is 0 Å². The Balaban J connectivity index is 1.11. The average molecular weight is 631 g/mol. The molecule has 242 valence electrons. The van der Waals surface area contributed by atoms with Crippen molar-refractivity contribution in [3.8, 4) is 11.4 Å². The summed E-state index contributed by atoms with van der Waals surface area (Å²) in [6.45, 7) is 6.64.